The number of carbonyl (C=O) groups excluding carboxylic acids is 1. The second-order valence-electron chi connectivity index (χ2n) is 8.36. The lowest BCUT2D eigenvalue weighted by Crippen LogP contribution is -2.31. The molecule has 0 unspecified atom stereocenters. The molecule has 160 valence electrons. The number of para-hydroxylation sites is 1. The lowest BCUT2D eigenvalue weighted by Gasteiger charge is -2.30. The third kappa shape index (κ3) is 3.06. The van der Waals surface area contributed by atoms with E-state index >= 15 is 0 Å². The Morgan fingerprint density at radius 3 is 2.88 bits per heavy atom. The number of ketones is 1. The van der Waals surface area contributed by atoms with Gasteiger partial charge in [0.05, 0.1) is 5.56 Å². The quantitative estimate of drug-likeness (QED) is 0.392. The highest BCUT2D eigenvalue weighted by atomic mass is 32.1. The minimum absolute atomic E-state index is 0.0748. The number of allylic oxidation sites excluding steroid dienone is 1. The van der Waals surface area contributed by atoms with Crippen LogP contribution in [0.4, 0.5) is 0 Å². The monoisotopic (exact) mass is 442 g/mol. The summed E-state index contributed by atoms with van der Waals surface area (Å²) in [5.41, 5.74) is 4.64. The van der Waals surface area contributed by atoms with Gasteiger partial charge in [-0.2, -0.15) is 0 Å². The zero-order valence-electron chi connectivity index (χ0n) is 17.9. The average molecular weight is 443 g/mol. The van der Waals surface area contributed by atoms with Gasteiger partial charge in [0.1, 0.15) is 18.2 Å². The lowest BCUT2D eigenvalue weighted by molar-refractivity contribution is 0.0886. The number of aryl methyl sites for hydroxylation is 1. The summed E-state index contributed by atoms with van der Waals surface area (Å²) in [5.74, 6) is 1.74. The molecule has 0 saturated heterocycles. The normalized spacial score (nSPS) is 16.8. The van der Waals surface area contributed by atoms with E-state index in [9.17, 15) is 4.79 Å². The van der Waals surface area contributed by atoms with E-state index in [1.807, 2.05) is 44.4 Å². The van der Waals surface area contributed by atoms with Gasteiger partial charge in [0.15, 0.2) is 5.76 Å². The van der Waals surface area contributed by atoms with Crippen LogP contribution in [0.15, 0.2) is 59.8 Å². The number of Topliss-reactive ketones (excluding diaryl/α,β-unsaturated/α-hetero) is 1. The topological polar surface area (TPSA) is 43.7 Å². The van der Waals surface area contributed by atoms with Crippen LogP contribution in [0.3, 0.4) is 0 Å². The summed E-state index contributed by atoms with van der Waals surface area (Å²) < 4.78 is 14.3. The molecular weight excluding hydrogens is 420 g/mol. The van der Waals surface area contributed by atoms with Crippen molar-refractivity contribution in [3.05, 3.63) is 86.9 Å². The molecule has 2 aromatic heterocycles. The summed E-state index contributed by atoms with van der Waals surface area (Å²) >= 11 is 1.74. The van der Waals surface area contributed by atoms with E-state index in [0.717, 1.165) is 46.4 Å². The number of aromatic nitrogens is 1. The number of ether oxygens (including phenoxy) is 2. The Bertz CT molecular complexity index is 1400. The lowest BCUT2D eigenvalue weighted by atomic mass is 10.00. The summed E-state index contributed by atoms with van der Waals surface area (Å²) in [4.78, 5) is 16.8. The van der Waals surface area contributed by atoms with Gasteiger partial charge in [-0.3, -0.25) is 9.69 Å². The van der Waals surface area contributed by atoms with E-state index in [-0.39, 0.29) is 5.78 Å². The van der Waals surface area contributed by atoms with Gasteiger partial charge in [-0.15, -0.1) is 11.3 Å². The molecule has 0 amide bonds. The fourth-order valence-corrected chi connectivity index (χ4v) is 5.40. The molecule has 4 heterocycles. The van der Waals surface area contributed by atoms with E-state index < -0.39 is 0 Å². The third-order valence-corrected chi connectivity index (χ3v) is 7.04. The Kier molecular flexibility index (Phi) is 4.45. The molecule has 0 radical (unpaired) electrons. The largest absolute Gasteiger partial charge is 0.477 e. The fourth-order valence-electron chi connectivity index (χ4n) is 4.65. The maximum absolute atomic E-state index is 13.3. The molecule has 0 bridgehead atoms. The maximum Gasteiger partial charge on any atom is 0.231 e. The summed E-state index contributed by atoms with van der Waals surface area (Å²) in [6.45, 7) is 4.08. The van der Waals surface area contributed by atoms with Crippen molar-refractivity contribution in [3.63, 3.8) is 0 Å². The molecular formula is C26H22N2O3S. The molecule has 0 saturated carbocycles. The van der Waals surface area contributed by atoms with Crippen molar-refractivity contribution in [1.29, 1.82) is 0 Å². The molecule has 2 aliphatic rings. The predicted octanol–water partition coefficient (Wildman–Crippen LogP) is 5.52. The molecule has 0 aliphatic carbocycles. The van der Waals surface area contributed by atoms with Gasteiger partial charge in [-0.25, -0.2) is 0 Å². The molecule has 2 aliphatic heterocycles. The molecule has 2 aromatic carbocycles. The number of rotatable bonds is 3. The van der Waals surface area contributed by atoms with Gasteiger partial charge in [0.2, 0.25) is 5.78 Å². The fraction of sp³-hybridized carbons (Fsp3) is 0.192. The van der Waals surface area contributed by atoms with Crippen LogP contribution in [-0.2, 0) is 20.1 Å². The van der Waals surface area contributed by atoms with Gasteiger partial charge in [-0.05, 0) is 36.6 Å². The molecule has 0 spiro atoms. The first-order chi connectivity index (χ1) is 15.6. The molecule has 0 atom stereocenters. The van der Waals surface area contributed by atoms with Gasteiger partial charge < -0.3 is 14.0 Å². The van der Waals surface area contributed by atoms with E-state index in [2.05, 4.69) is 39.1 Å². The Balaban J connectivity index is 1.34. The Labute approximate surface area is 190 Å². The van der Waals surface area contributed by atoms with E-state index in [4.69, 9.17) is 9.47 Å². The zero-order chi connectivity index (χ0) is 21.8. The average Bonchev–Trinajstić information content (AvgIpc) is 3.50. The third-order valence-electron chi connectivity index (χ3n) is 6.18. The molecule has 0 fully saturated rings. The number of fused-ring (bicyclic) bond motifs is 3. The van der Waals surface area contributed by atoms with Crippen molar-refractivity contribution in [2.75, 3.05) is 6.73 Å². The van der Waals surface area contributed by atoms with E-state index in [0.29, 0.717) is 23.8 Å². The standard InChI is InChI=1S/C26H22N2O3S/c1-16-25-18(13-28(15-30-25)14-19-6-5-9-32-19)10-21-24(29)23(31-26(16)21)11-17-12-27(2)22-8-4-3-7-20(17)22/h3-12H,13-15H2,1-2H3/b23-11-. The highest BCUT2D eigenvalue weighted by molar-refractivity contribution is 7.09. The summed E-state index contributed by atoms with van der Waals surface area (Å²) in [7, 11) is 2.01. The number of nitrogens with zero attached hydrogens (tertiary/aromatic N) is 2. The Hall–Kier alpha value is -3.35. The Morgan fingerprint density at radius 1 is 1.16 bits per heavy atom. The molecule has 32 heavy (non-hydrogen) atoms. The van der Waals surface area contributed by atoms with Gasteiger partial charge >= 0.3 is 0 Å². The number of thiophene rings is 1. The van der Waals surface area contributed by atoms with Crippen molar-refractivity contribution >= 4 is 34.1 Å². The van der Waals surface area contributed by atoms with Gasteiger partial charge in [-0.1, -0.05) is 24.3 Å². The van der Waals surface area contributed by atoms with Crippen LogP contribution in [0.2, 0.25) is 0 Å². The number of benzene rings is 2. The van der Waals surface area contributed by atoms with Crippen molar-refractivity contribution in [2.24, 2.45) is 7.05 Å². The second kappa shape index (κ2) is 7.36. The van der Waals surface area contributed by atoms with Crippen molar-refractivity contribution < 1.29 is 14.3 Å². The minimum atomic E-state index is -0.0748. The summed E-state index contributed by atoms with van der Waals surface area (Å²) in [5, 5.41) is 3.18. The highest BCUT2D eigenvalue weighted by Crippen LogP contribution is 2.43. The number of hydrogen-bond acceptors (Lipinski definition) is 5. The number of hydrogen-bond donors (Lipinski definition) is 0. The molecule has 6 heteroatoms. The SMILES string of the molecule is Cc1c2c(cc3c1O/C(=C\c1cn(C)c4ccccc14)C3=O)CN(Cc1cccs1)CO2. The predicted molar refractivity (Wildman–Crippen MR) is 126 cm³/mol. The molecule has 5 nitrogen and oxygen atoms in total. The first kappa shape index (κ1) is 19.3. The van der Waals surface area contributed by atoms with Crippen LogP contribution < -0.4 is 9.47 Å². The highest BCUT2D eigenvalue weighted by Gasteiger charge is 2.33. The van der Waals surface area contributed by atoms with Crippen LogP contribution in [0.5, 0.6) is 11.5 Å². The minimum Gasteiger partial charge on any atom is -0.477 e. The van der Waals surface area contributed by atoms with Crippen molar-refractivity contribution in [3.8, 4) is 11.5 Å². The first-order valence-electron chi connectivity index (χ1n) is 10.6. The summed E-state index contributed by atoms with van der Waals surface area (Å²) in [6, 6.07) is 14.3. The van der Waals surface area contributed by atoms with Crippen molar-refractivity contribution in [1.82, 2.24) is 9.47 Å². The maximum atomic E-state index is 13.3. The van der Waals surface area contributed by atoms with Crippen LogP contribution in [0, 0.1) is 6.92 Å². The molecule has 4 aromatic rings. The molecule has 0 N–H and O–H groups in total. The van der Waals surface area contributed by atoms with Gasteiger partial charge in [0.25, 0.3) is 0 Å². The van der Waals surface area contributed by atoms with E-state index in [1.165, 1.54) is 4.88 Å². The number of carbonyl (C=O) groups is 1. The zero-order valence-corrected chi connectivity index (χ0v) is 18.7. The van der Waals surface area contributed by atoms with Crippen LogP contribution in [0.25, 0.3) is 17.0 Å². The second-order valence-corrected chi connectivity index (χ2v) is 9.39. The van der Waals surface area contributed by atoms with Crippen molar-refractivity contribution in [2.45, 2.75) is 20.0 Å². The first-order valence-corrected chi connectivity index (χ1v) is 11.5. The van der Waals surface area contributed by atoms with Crippen LogP contribution in [-0.4, -0.2) is 22.0 Å². The smallest absolute Gasteiger partial charge is 0.231 e. The van der Waals surface area contributed by atoms with Crippen LogP contribution >= 0.6 is 11.3 Å². The van der Waals surface area contributed by atoms with E-state index in [1.54, 1.807) is 11.3 Å². The molecule has 6 rings (SSSR count). The summed E-state index contributed by atoms with van der Waals surface area (Å²) in [6.07, 6.45) is 3.88. The Morgan fingerprint density at radius 2 is 2.03 bits per heavy atom. The van der Waals surface area contributed by atoms with Crippen LogP contribution in [0.1, 0.15) is 31.9 Å². The van der Waals surface area contributed by atoms with Gasteiger partial charge in [0, 0.05) is 58.8 Å².